The van der Waals surface area contributed by atoms with Gasteiger partial charge in [0.05, 0.1) is 0 Å². The summed E-state index contributed by atoms with van der Waals surface area (Å²) in [7, 11) is 1.87. The van der Waals surface area contributed by atoms with Gasteiger partial charge >= 0.3 is 6.03 Å². The third kappa shape index (κ3) is 3.08. The van der Waals surface area contributed by atoms with Gasteiger partial charge in [-0.2, -0.15) is 0 Å². The van der Waals surface area contributed by atoms with Gasteiger partial charge in [0, 0.05) is 32.5 Å². The van der Waals surface area contributed by atoms with Gasteiger partial charge in [0.25, 0.3) is 0 Å². The highest BCUT2D eigenvalue weighted by Gasteiger charge is 2.50. The summed E-state index contributed by atoms with van der Waals surface area (Å²) < 4.78 is 0. The van der Waals surface area contributed by atoms with Gasteiger partial charge in [-0.1, -0.05) is 0 Å². The molecular weight excluding hydrogens is 286 g/mol. The molecule has 4 saturated carbocycles. The van der Waals surface area contributed by atoms with E-state index in [9.17, 15) is 4.79 Å². The molecule has 23 heavy (non-hydrogen) atoms. The summed E-state index contributed by atoms with van der Waals surface area (Å²) in [6.07, 6.45) is 11.9. The fraction of sp³-hybridized carbons (Fsp3) is 0.684. The molecule has 5 rings (SSSR count). The maximum absolute atomic E-state index is 12.4. The lowest BCUT2D eigenvalue weighted by molar-refractivity contribution is -0.0501. The van der Waals surface area contributed by atoms with Crippen molar-refractivity contribution in [2.24, 2.45) is 23.2 Å². The number of hydrogen-bond donors (Lipinski definition) is 1. The van der Waals surface area contributed by atoms with Gasteiger partial charge in [0.2, 0.25) is 0 Å². The minimum Gasteiger partial charge on any atom is -0.337 e. The Hall–Kier alpha value is -1.58. The summed E-state index contributed by atoms with van der Waals surface area (Å²) in [5.41, 5.74) is 1.52. The second kappa shape index (κ2) is 5.81. The smallest absolute Gasteiger partial charge is 0.317 e. The Bertz CT molecular complexity index is 536. The van der Waals surface area contributed by atoms with Crippen LogP contribution in [0.3, 0.4) is 0 Å². The van der Waals surface area contributed by atoms with Crippen LogP contribution in [0.1, 0.15) is 44.1 Å². The monoisotopic (exact) mass is 313 g/mol. The van der Waals surface area contributed by atoms with Crippen molar-refractivity contribution in [3.8, 4) is 0 Å². The highest BCUT2D eigenvalue weighted by Crippen LogP contribution is 2.59. The van der Waals surface area contributed by atoms with E-state index in [1.807, 2.05) is 19.2 Å². The minimum absolute atomic E-state index is 0.0533. The predicted octanol–water partition coefficient (Wildman–Crippen LogP) is 3.44. The first-order chi connectivity index (χ1) is 11.1. The number of nitrogens with one attached hydrogen (secondary N) is 1. The molecule has 4 fully saturated rings. The second-order valence-corrected chi connectivity index (χ2v) is 8.29. The van der Waals surface area contributed by atoms with Crippen LogP contribution in [0.25, 0.3) is 0 Å². The molecule has 0 spiro atoms. The Balaban J connectivity index is 1.33. The van der Waals surface area contributed by atoms with Crippen LogP contribution < -0.4 is 5.32 Å². The summed E-state index contributed by atoms with van der Waals surface area (Å²) in [5.74, 6) is 2.81. The van der Waals surface area contributed by atoms with E-state index >= 15 is 0 Å². The number of aromatic nitrogens is 1. The lowest BCUT2D eigenvalue weighted by atomic mass is 9.49. The summed E-state index contributed by atoms with van der Waals surface area (Å²) in [5, 5.41) is 3.23. The molecule has 4 aliphatic rings. The van der Waals surface area contributed by atoms with Gasteiger partial charge in [-0.15, -0.1) is 0 Å². The molecule has 124 valence electrons. The molecule has 0 aromatic carbocycles. The van der Waals surface area contributed by atoms with E-state index in [2.05, 4.69) is 10.3 Å². The molecule has 4 aliphatic carbocycles. The fourth-order valence-electron chi connectivity index (χ4n) is 5.74. The van der Waals surface area contributed by atoms with Crippen LogP contribution >= 0.6 is 0 Å². The summed E-state index contributed by atoms with van der Waals surface area (Å²) in [6.45, 7) is 1.51. The van der Waals surface area contributed by atoms with E-state index in [1.165, 1.54) is 38.5 Å². The molecule has 4 nitrogen and oxygen atoms in total. The molecule has 0 unspecified atom stereocenters. The number of urea groups is 1. The summed E-state index contributed by atoms with van der Waals surface area (Å²) in [6, 6.07) is 3.98. The van der Waals surface area contributed by atoms with Crippen molar-refractivity contribution in [3.63, 3.8) is 0 Å². The van der Waals surface area contributed by atoms with Crippen LogP contribution in [-0.4, -0.2) is 29.5 Å². The minimum atomic E-state index is 0.0533. The van der Waals surface area contributed by atoms with Crippen LogP contribution in [0.2, 0.25) is 0 Å². The van der Waals surface area contributed by atoms with Crippen LogP contribution in [0.4, 0.5) is 4.79 Å². The highest BCUT2D eigenvalue weighted by molar-refractivity contribution is 5.73. The van der Waals surface area contributed by atoms with E-state index in [0.29, 0.717) is 12.0 Å². The van der Waals surface area contributed by atoms with E-state index in [4.69, 9.17) is 0 Å². The third-order valence-corrected chi connectivity index (χ3v) is 6.30. The number of hydrogen-bond acceptors (Lipinski definition) is 2. The third-order valence-electron chi connectivity index (χ3n) is 6.30. The van der Waals surface area contributed by atoms with Gasteiger partial charge in [-0.05, 0) is 79.4 Å². The summed E-state index contributed by atoms with van der Waals surface area (Å²) in [4.78, 5) is 18.2. The van der Waals surface area contributed by atoms with Crippen molar-refractivity contribution in [2.75, 3.05) is 13.6 Å². The van der Waals surface area contributed by atoms with Crippen molar-refractivity contribution in [3.05, 3.63) is 30.1 Å². The molecule has 1 N–H and O–H groups in total. The normalized spacial score (nSPS) is 34.4. The Kier molecular flexibility index (Phi) is 3.78. The van der Waals surface area contributed by atoms with E-state index in [0.717, 1.165) is 29.9 Å². The molecule has 4 bridgehead atoms. The maximum Gasteiger partial charge on any atom is 0.317 e. The van der Waals surface area contributed by atoms with Crippen molar-refractivity contribution in [1.82, 2.24) is 15.2 Å². The lowest BCUT2D eigenvalue weighted by Crippen LogP contribution is -2.52. The number of rotatable bonds is 4. The Morgan fingerprint density at radius 3 is 2.30 bits per heavy atom. The summed E-state index contributed by atoms with van der Waals surface area (Å²) >= 11 is 0. The first-order valence-corrected chi connectivity index (χ1v) is 9.00. The van der Waals surface area contributed by atoms with E-state index in [1.54, 1.807) is 17.3 Å². The average Bonchev–Trinajstić information content (AvgIpc) is 2.52. The van der Waals surface area contributed by atoms with Crippen LogP contribution in [0.5, 0.6) is 0 Å². The maximum atomic E-state index is 12.4. The highest BCUT2D eigenvalue weighted by atomic mass is 16.2. The van der Waals surface area contributed by atoms with Crippen molar-refractivity contribution in [2.45, 2.75) is 45.1 Å². The first-order valence-electron chi connectivity index (χ1n) is 9.00. The van der Waals surface area contributed by atoms with Gasteiger partial charge in [0.15, 0.2) is 0 Å². The Morgan fingerprint density at radius 2 is 1.74 bits per heavy atom. The lowest BCUT2D eigenvalue weighted by Gasteiger charge is -2.57. The zero-order chi connectivity index (χ0) is 15.9. The van der Waals surface area contributed by atoms with Crippen molar-refractivity contribution < 1.29 is 4.79 Å². The zero-order valence-electron chi connectivity index (χ0n) is 14.0. The quantitative estimate of drug-likeness (QED) is 0.925. The SMILES string of the molecule is CN(Cc1ccncc1)C(=O)NCC12CC3CC(CC(C3)C1)C2. The molecule has 1 heterocycles. The van der Waals surface area contributed by atoms with Gasteiger partial charge in [-0.25, -0.2) is 4.79 Å². The Labute approximate surface area is 138 Å². The number of amides is 2. The number of nitrogens with zero attached hydrogens (tertiary/aromatic N) is 2. The van der Waals surface area contributed by atoms with Crippen molar-refractivity contribution in [1.29, 1.82) is 0 Å². The Morgan fingerprint density at radius 1 is 1.17 bits per heavy atom. The molecule has 2 amide bonds. The van der Waals surface area contributed by atoms with Gasteiger partial charge in [0.1, 0.15) is 0 Å². The largest absolute Gasteiger partial charge is 0.337 e. The molecule has 0 saturated heterocycles. The number of carbonyl (C=O) groups is 1. The standard InChI is InChI=1S/C19H27N3O/c1-22(12-14-2-4-20-5-3-14)18(23)21-13-19-9-15-6-16(10-19)8-17(7-15)11-19/h2-5,15-17H,6-13H2,1H3,(H,21,23). The van der Waals surface area contributed by atoms with E-state index in [-0.39, 0.29) is 6.03 Å². The number of pyridine rings is 1. The molecule has 0 radical (unpaired) electrons. The zero-order valence-corrected chi connectivity index (χ0v) is 14.0. The topological polar surface area (TPSA) is 45.2 Å². The molecule has 1 aromatic rings. The van der Waals surface area contributed by atoms with Crippen molar-refractivity contribution >= 4 is 6.03 Å². The van der Waals surface area contributed by atoms with Gasteiger partial charge < -0.3 is 10.2 Å². The van der Waals surface area contributed by atoms with E-state index < -0.39 is 0 Å². The molecule has 0 aliphatic heterocycles. The number of carbonyl (C=O) groups excluding carboxylic acids is 1. The van der Waals surface area contributed by atoms with Crippen LogP contribution in [0, 0.1) is 23.2 Å². The first kappa shape index (κ1) is 15.0. The molecule has 0 atom stereocenters. The molecule has 4 heteroatoms. The van der Waals surface area contributed by atoms with Gasteiger partial charge in [-0.3, -0.25) is 4.98 Å². The average molecular weight is 313 g/mol. The molecule has 1 aromatic heterocycles. The predicted molar refractivity (Wildman–Crippen MR) is 89.7 cm³/mol. The molecular formula is C19H27N3O. The fourth-order valence-corrected chi connectivity index (χ4v) is 5.74. The van der Waals surface area contributed by atoms with Crippen LogP contribution in [-0.2, 0) is 6.54 Å². The van der Waals surface area contributed by atoms with Crippen LogP contribution in [0.15, 0.2) is 24.5 Å². The second-order valence-electron chi connectivity index (χ2n) is 8.29.